The fraction of sp³-hybridized carbons (Fsp3) is 0.308. The molecule has 1 heterocycles. The minimum atomic E-state index is -1.01. The van der Waals surface area contributed by atoms with Gasteiger partial charge < -0.3 is 16.2 Å². The van der Waals surface area contributed by atoms with E-state index in [4.69, 9.17) is 10.8 Å². The number of nitrogens with two attached hydrogens (primary N) is 1. The number of carbonyl (C=O) groups is 3. The third kappa shape index (κ3) is 2.71. The zero-order valence-electron chi connectivity index (χ0n) is 10.8. The average Bonchev–Trinajstić information content (AvgIpc) is 2.43. The predicted molar refractivity (Wildman–Crippen MR) is 71.7 cm³/mol. The molecule has 0 atom stereocenters. The first-order chi connectivity index (χ1) is 9.50. The summed E-state index contributed by atoms with van der Waals surface area (Å²) in [6.07, 6.45) is 1.28. The fourth-order valence-corrected chi connectivity index (χ4v) is 2.29. The Bertz CT molecular complexity index is 571. The van der Waals surface area contributed by atoms with Gasteiger partial charge in [-0.25, -0.2) is 9.59 Å². The van der Waals surface area contributed by atoms with Crippen molar-refractivity contribution in [2.45, 2.75) is 12.8 Å². The molecule has 1 aliphatic rings. The Kier molecular flexibility index (Phi) is 3.88. The highest BCUT2D eigenvalue weighted by Crippen LogP contribution is 2.29. The molecule has 2 rings (SSSR count). The maximum absolute atomic E-state index is 12.0. The molecular formula is C13H15N3O4. The van der Waals surface area contributed by atoms with Gasteiger partial charge in [-0.1, -0.05) is 6.07 Å². The lowest BCUT2D eigenvalue weighted by Crippen LogP contribution is -2.45. The highest BCUT2D eigenvalue weighted by molar-refractivity contribution is 5.98. The number of fused-ring (bicyclic) bond motifs is 1. The van der Waals surface area contributed by atoms with Gasteiger partial charge in [0.15, 0.2) is 0 Å². The van der Waals surface area contributed by atoms with E-state index in [-0.39, 0.29) is 12.1 Å². The molecule has 3 amide bonds. The van der Waals surface area contributed by atoms with E-state index < -0.39 is 17.9 Å². The second kappa shape index (κ2) is 5.60. The second-order valence-electron chi connectivity index (χ2n) is 4.49. The van der Waals surface area contributed by atoms with Gasteiger partial charge in [-0.2, -0.15) is 0 Å². The molecule has 0 spiro atoms. The first kappa shape index (κ1) is 13.9. The van der Waals surface area contributed by atoms with Gasteiger partial charge in [0.2, 0.25) is 5.91 Å². The van der Waals surface area contributed by atoms with Gasteiger partial charge in [0.05, 0.1) is 12.1 Å². The highest BCUT2D eigenvalue weighted by Gasteiger charge is 2.25. The first-order valence-electron chi connectivity index (χ1n) is 6.19. The largest absolute Gasteiger partial charge is 0.478 e. The number of benzene rings is 1. The molecule has 1 aliphatic heterocycles. The van der Waals surface area contributed by atoms with Crippen LogP contribution in [-0.4, -0.2) is 36.1 Å². The van der Waals surface area contributed by atoms with Crippen molar-refractivity contribution in [3.8, 4) is 0 Å². The Morgan fingerprint density at radius 1 is 1.35 bits per heavy atom. The number of nitrogens with one attached hydrogen (secondary N) is 1. The van der Waals surface area contributed by atoms with Crippen molar-refractivity contribution in [1.82, 2.24) is 5.32 Å². The molecule has 4 N–H and O–H groups in total. The van der Waals surface area contributed by atoms with Crippen LogP contribution in [0.1, 0.15) is 22.3 Å². The lowest BCUT2D eigenvalue weighted by atomic mass is 9.96. The number of urea groups is 1. The molecule has 106 valence electrons. The molecule has 1 aromatic rings. The molecule has 0 fully saturated rings. The van der Waals surface area contributed by atoms with E-state index >= 15 is 0 Å². The van der Waals surface area contributed by atoms with Gasteiger partial charge in [-0.05, 0) is 30.5 Å². The summed E-state index contributed by atoms with van der Waals surface area (Å²) in [5.41, 5.74) is 6.39. The molecule has 0 aliphatic carbocycles. The average molecular weight is 277 g/mol. The monoisotopic (exact) mass is 277 g/mol. The van der Waals surface area contributed by atoms with Gasteiger partial charge in [-0.15, -0.1) is 0 Å². The SMILES string of the molecule is NC(=O)CNC(=O)N1CCCc2c(C(=O)O)cccc21. The quantitative estimate of drug-likeness (QED) is 0.739. The van der Waals surface area contributed by atoms with E-state index in [2.05, 4.69) is 5.32 Å². The van der Waals surface area contributed by atoms with Crippen molar-refractivity contribution >= 4 is 23.6 Å². The van der Waals surface area contributed by atoms with Crippen molar-refractivity contribution in [3.63, 3.8) is 0 Å². The standard InChI is InChI=1S/C13H15N3O4/c14-11(17)7-15-13(20)16-6-2-4-8-9(12(18)19)3-1-5-10(8)16/h1,3,5H,2,4,6-7H2,(H2,14,17)(H,15,20)(H,18,19). The van der Waals surface area contributed by atoms with Crippen LogP contribution < -0.4 is 16.0 Å². The van der Waals surface area contributed by atoms with Crippen LogP contribution in [0.25, 0.3) is 0 Å². The summed E-state index contributed by atoms with van der Waals surface area (Å²) in [7, 11) is 0. The van der Waals surface area contributed by atoms with Crippen LogP contribution in [0.3, 0.4) is 0 Å². The summed E-state index contributed by atoms with van der Waals surface area (Å²) in [5.74, 6) is -1.64. The van der Waals surface area contributed by atoms with Crippen LogP contribution in [0.5, 0.6) is 0 Å². The van der Waals surface area contributed by atoms with Crippen LogP contribution >= 0.6 is 0 Å². The molecular weight excluding hydrogens is 262 g/mol. The van der Waals surface area contributed by atoms with Crippen molar-refractivity contribution in [1.29, 1.82) is 0 Å². The van der Waals surface area contributed by atoms with Crippen molar-refractivity contribution < 1.29 is 19.5 Å². The number of aromatic carboxylic acids is 1. The minimum Gasteiger partial charge on any atom is -0.478 e. The summed E-state index contributed by atoms with van der Waals surface area (Å²) < 4.78 is 0. The second-order valence-corrected chi connectivity index (χ2v) is 4.49. The summed E-state index contributed by atoms with van der Waals surface area (Å²) in [4.78, 5) is 35.3. The van der Waals surface area contributed by atoms with Crippen LogP contribution in [0.2, 0.25) is 0 Å². The zero-order valence-corrected chi connectivity index (χ0v) is 10.8. The van der Waals surface area contributed by atoms with E-state index in [1.807, 2.05) is 0 Å². The summed E-state index contributed by atoms with van der Waals surface area (Å²) in [6.45, 7) is 0.226. The van der Waals surface area contributed by atoms with Crippen LogP contribution in [-0.2, 0) is 11.2 Å². The summed E-state index contributed by atoms with van der Waals surface area (Å²) in [5, 5.41) is 11.6. The van der Waals surface area contributed by atoms with Gasteiger partial charge >= 0.3 is 12.0 Å². The molecule has 0 radical (unpaired) electrons. The molecule has 20 heavy (non-hydrogen) atoms. The Hall–Kier alpha value is -2.57. The molecule has 0 bridgehead atoms. The molecule has 0 aromatic heterocycles. The van der Waals surface area contributed by atoms with Crippen LogP contribution in [0.15, 0.2) is 18.2 Å². The van der Waals surface area contributed by atoms with Gasteiger partial charge in [0, 0.05) is 12.2 Å². The minimum absolute atomic E-state index is 0.204. The highest BCUT2D eigenvalue weighted by atomic mass is 16.4. The van der Waals surface area contributed by atoms with Gasteiger partial charge in [0.1, 0.15) is 0 Å². The first-order valence-corrected chi connectivity index (χ1v) is 6.19. The molecule has 0 saturated heterocycles. The van der Waals surface area contributed by atoms with Crippen molar-refractivity contribution in [2.24, 2.45) is 5.73 Å². The maximum atomic E-state index is 12.0. The number of nitrogens with zero attached hydrogens (tertiary/aromatic N) is 1. The number of amides is 3. The molecule has 7 heteroatoms. The Balaban J connectivity index is 2.29. The van der Waals surface area contributed by atoms with Crippen LogP contribution in [0.4, 0.5) is 10.5 Å². The van der Waals surface area contributed by atoms with E-state index in [0.717, 1.165) is 0 Å². The van der Waals surface area contributed by atoms with E-state index in [1.54, 1.807) is 12.1 Å². The number of hydrogen-bond acceptors (Lipinski definition) is 3. The molecule has 7 nitrogen and oxygen atoms in total. The maximum Gasteiger partial charge on any atom is 0.336 e. The number of carbonyl (C=O) groups excluding carboxylic acids is 2. The zero-order chi connectivity index (χ0) is 14.7. The summed E-state index contributed by atoms with van der Waals surface area (Å²) in [6, 6.07) is 4.37. The lowest BCUT2D eigenvalue weighted by Gasteiger charge is -2.30. The number of primary amides is 1. The number of anilines is 1. The predicted octanol–water partition coefficient (Wildman–Crippen LogP) is 0.332. The number of hydrogen-bond donors (Lipinski definition) is 3. The Morgan fingerprint density at radius 3 is 2.75 bits per heavy atom. The molecule has 0 unspecified atom stereocenters. The normalized spacial score (nSPS) is 13.5. The van der Waals surface area contributed by atoms with E-state index in [9.17, 15) is 14.4 Å². The van der Waals surface area contributed by atoms with Gasteiger partial charge in [0.25, 0.3) is 0 Å². The number of carboxylic acids is 1. The smallest absolute Gasteiger partial charge is 0.336 e. The van der Waals surface area contributed by atoms with Crippen LogP contribution in [0, 0.1) is 0 Å². The molecule has 0 saturated carbocycles. The van der Waals surface area contributed by atoms with E-state index in [1.165, 1.54) is 11.0 Å². The number of carboxylic acid groups (broad SMARTS) is 1. The fourth-order valence-electron chi connectivity index (χ4n) is 2.29. The third-order valence-corrected chi connectivity index (χ3v) is 3.14. The summed E-state index contributed by atoms with van der Waals surface area (Å²) >= 11 is 0. The van der Waals surface area contributed by atoms with Crippen molar-refractivity contribution in [3.05, 3.63) is 29.3 Å². The Labute approximate surface area is 115 Å². The molecule has 1 aromatic carbocycles. The topological polar surface area (TPSA) is 113 Å². The van der Waals surface area contributed by atoms with Gasteiger partial charge in [-0.3, -0.25) is 9.69 Å². The number of rotatable bonds is 3. The third-order valence-electron chi connectivity index (χ3n) is 3.14. The lowest BCUT2D eigenvalue weighted by molar-refractivity contribution is -0.117. The van der Waals surface area contributed by atoms with E-state index in [0.29, 0.717) is 30.6 Å². The van der Waals surface area contributed by atoms with Crippen molar-refractivity contribution in [2.75, 3.05) is 18.0 Å². The Morgan fingerprint density at radius 2 is 2.10 bits per heavy atom.